The van der Waals surface area contributed by atoms with Crippen LogP contribution >= 0.6 is 15.9 Å². The summed E-state index contributed by atoms with van der Waals surface area (Å²) in [5, 5.41) is 2.81. The maximum Gasteiger partial charge on any atom is 0.247 e. The number of rotatable bonds is 8. The molecule has 0 radical (unpaired) electrons. The van der Waals surface area contributed by atoms with E-state index < -0.39 is 28.3 Å². The predicted octanol–water partition coefficient (Wildman–Crippen LogP) is 4.12. The Kier molecular flexibility index (Phi) is 7.79. The number of methoxy groups -OCH3 is 1. The summed E-state index contributed by atoms with van der Waals surface area (Å²) >= 11 is 3.43. The first-order valence-electron chi connectivity index (χ1n) is 9.06. The van der Waals surface area contributed by atoms with Gasteiger partial charge in [-0.1, -0.05) is 29.8 Å². The molecule has 0 spiro atoms. The third-order valence-electron chi connectivity index (χ3n) is 4.44. The fraction of sp³-hybridized carbons (Fsp3) is 0.350. The van der Waals surface area contributed by atoms with Crippen LogP contribution in [0, 0.1) is 12.7 Å². The number of aryl methyl sites for hydroxylation is 2. The molecule has 0 saturated carbocycles. The Hall–Kier alpha value is -1.97. The van der Waals surface area contributed by atoms with E-state index in [1.807, 2.05) is 26.0 Å². The molecule has 0 atom stereocenters. The number of nitrogens with zero attached hydrogens (tertiary/aromatic N) is 1. The first-order valence-corrected chi connectivity index (χ1v) is 11.3. The SMILES string of the molecule is CCc1cc(Br)cc(C)c1NC(=O)CN(CC)S(=O)(=O)c1cc(F)ccc1OC. The molecule has 29 heavy (non-hydrogen) atoms. The number of sulfonamides is 1. The first-order chi connectivity index (χ1) is 13.6. The highest BCUT2D eigenvalue weighted by Crippen LogP contribution is 2.29. The molecule has 0 saturated heterocycles. The third-order valence-corrected chi connectivity index (χ3v) is 6.84. The van der Waals surface area contributed by atoms with Crippen molar-refractivity contribution >= 4 is 37.5 Å². The highest BCUT2D eigenvalue weighted by atomic mass is 79.9. The zero-order valence-corrected chi connectivity index (χ0v) is 19.2. The number of carbonyl (C=O) groups is 1. The molecule has 0 aromatic heterocycles. The summed E-state index contributed by atoms with van der Waals surface area (Å²) < 4.78 is 46.6. The Morgan fingerprint density at radius 1 is 1.24 bits per heavy atom. The Morgan fingerprint density at radius 2 is 1.93 bits per heavy atom. The second kappa shape index (κ2) is 9.69. The summed E-state index contributed by atoms with van der Waals surface area (Å²) in [6.07, 6.45) is 0.701. The zero-order chi connectivity index (χ0) is 21.8. The van der Waals surface area contributed by atoms with Gasteiger partial charge < -0.3 is 10.1 Å². The van der Waals surface area contributed by atoms with Crippen molar-refractivity contribution in [3.05, 3.63) is 51.7 Å². The molecule has 1 N–H and O–H groups in total. The van der Waals surface area contributed by atoms with Crippen LogP contribution in [0.3, 0.4) is 0 Å². The normalized spacial score (nSPS) is 11.6. The van der Waals surface area contributed by atoms with Crippen molar-refractivity contribution in [3.63, 3.8) is 0 Å². The number of likely N-dealkylation sites (N-methyl/N-ethyl adjacent to an activating group) is 1. The van der Waals surface area contributed by atoms with Gasteiger partial charge in [-0.2, -0.15) is 4.31 Å². The van der Waals surface area contributed by atoms with Crippen LogP contribution in [0.2, 0.25) is 0 Å². The van der Waals surface area contributed by atoms with Gasteiger partial charge in [-0.25, -0.2) is 12.8 Å². The van der Waals surface area contributed by atoms with Gasteiger partial charge in [0.25, 0.3) is 0 Å². The lowest BCUT2D eigenvalue weighted by Gasteiger charge is -2.22. The molecule has 0 bridgehead atoms. The second-order valence-electron chi connectivity index (χ2n) is 6.38. The molecule has 158 valence electrons. The Morgan fingerprint density at radius 3 is 2.52 bits per heavy atom. The standard InChI is InChI=1S/C20H24BrFN2O4S/c1-5-14-10-15(21)9-13(3)20(14)23-19(25)12-24(6-2)29(26,27)18-11-16(22)7-8-17(18)28-4/h7-11H,5-6,12H2,1-4H3,(H,23,25). The van der Waals surface area contributed by atoms with Crippen molar-refractivity contribution in [2.75, 3.05) is 25.5 Å². The van der Waals surface area contributed by atoms with Crippen LogP contribution in [0.25, 0.3) is 0 Å². The monoisotopic (exact) mass is 486 g/mol. The molecule has 0 fully saturated rings. The van der Waals surface area contributed by atoms with Gasteiger partial charge in [-0.15, -0.1) is 0 Å². The van der Waals surface area contributed by atoms with Crippen LogP contribution in [-0.2, 0) is 21.2 Å². The number of nitrogens with one attached hydrogen (secondary N) is 1. The van der Waals surface area contributed by atoms with Crippen molar-refractivity contribution in [1.29, 1.82) is 0 Å². The number of anilines is 1. The van der Waals surface area contributed by atoms with Gasteiger partial charge in [0.1, 0.15) is 16.5 Å². The lowest BCUT2D eigenvalue weighted by atomic mass is 10.1. The van der Waals surface area contributed by atoms with Crippen LogP contribution in [0.1, 0.15) is 25.0 Å². The topological polar surface area (TPSA) is 75.7 Å². The first kappa shape index (κ1) is 23.3. The second-order valence-corrected chi connectivity index (χ2v) is 9.21. The van der Waals surface area contributed by atoms with Crippen LogP contribution in [0.5, 0.6) is 5.75 Å². The minimum Gasteiger partial charge on any atom is -0.495 e. The minimum atomic E-state index is -4.14. The lowest BCUT2D eigenvalue weighted by Crippen LogP contribution is -2.38. The summed E-state index contributed by atoms with van der Waals surface area (Å²) in [6, 6.07) is 7.04. The van der Waals surface area contributed by atoms with E-state index in [-0.39, 0.29) is 17.2 Å². The molecule has 0 aliphatic rings. The Balaban J connectivity index is 2.30. The fourth-order valence-electron chi connectivity index (χ4n) is 2.97. The molecule has 9 heteroatoms. The van der Waals surface area contributed by atoms with E-state index >= 15 is 0 Å². The van der Waals surface area contributed by atoms with E-state index in [4.69, 9.17) is 4.74 Å². The fourth-order valence-corrected chi connectivity index (χ4v) is 5.16. The number of hydrogen-bond acceptors (Lipinski definition) is 4. The number of amides is 1. The molecular weight excluding hydrogens is 463 g/mol. The van der Waals surface area contributed by atoms with Gasteiger partial charge >= 0.3 is 0 Å². The average Bonchev–Trinajstić information content (AvgIpc) is 2.67. The molecule has 0 unspecified atom stereocenters. The summed E-state index contributed by atoms with van der Waals surface area (Å²) in [5.74, 6) is -1.17. The molecule has 0 aliphatic carbocycles. The molecular formula is C20H24BrFN2O4S. The number of hydrogen-bond donors (Lipinski definition) is 1. The quantitative estimate of drug-likeness (QED) is 0.608. The number of carbonyl (C=O) groups excluding carboxylic acids is 1. The van der Waals surface area contributed by atoms with Crippen LogP contribution in [-0.4, -0.2) is 38.8 Å². The summed E-state index contributed by atoms with van der Waals surface area (Å²) in [4.78, 5) is 12.3. The highest BCUT2D eigenvalue weighted by molar-refractivity contribution is 9.10. The summed E-state index contributed by atoms with van der Waals surface area (Å²) in [6.45, 7) is 5.08. The smallest absolute Gasteiger partial charge is 0.247 e. The van der Waals surface area contributed by atoms with Crippen LogP contribution in [0.15, 0.2) is 39.7 Å². The largest absolute Gasteiger partial charge is 0.495 e. The molecule has 2 aromatic carbocycles. The maximum absolute atomic E-state index is 13.7. The van der Waals surface area contributed by atoms with Crippen molar-refractivity contribution in [1.82, 2.24) is 4.31 Å². The van der Waals surface area contributed by atoms with E-state index in [2.05, 4.69) is 21.2 Å². The molecule has 2 aromatic rings. The van der Waals surface area contributed by atoms with Crippen molar-refractivity contribution in [3.8, 4) is 5.75 Å². The summed E-state index contributed by atoms with van der Waals surface area (Å²) in [7, 11) is -2.83. The molecule has 6 nitrogen and oxygen atoms in total. The van der Waals surface area contributed by atoms with Gasteiger partial charge in [0.15, 0.2) is 0 Å². The van der Waals surface area contributed by atoms with E-state index in [1.165, 1.54) is 13.2 Å². The molecule has 0 aliphatic heterocycles. The van der Waals surface area contributed by atoms with Crippen molar-refractivity contribution < 1.29 is 22.3 Å². The lowest BCUT2D eigenvalue weighted by molar-refractivity contribution is -0.116. The van der Waals surface area contributed by atoms with Gasteiger partial charge in [-0.05, 0) is 54.8 Å². The maximum atomic E-state index is 13.7. The van der Waals surface area contributed by atoms with Gasteiger partial charge in [0.05, 0.1) is 13.7 Å². The van der Waals surface area contributed by atoms with Crippen LogP contribution in [0.4, 0.5) is 10.1 Å². The Bertz CT molecular complexity index is 1010. The number of benzene rings is 2. The Labute approximate surface area is 179 Å². The molecule has 0 heterocycles. The van der Waals surface area contributed by atoms with Gasteiger partial charge in [-0.3, -0.25) is 4.79 Å². The molecule has 2 rings (SSSR count). The minimum absolute atomic E-state index is 0.0160. The van der Waals surface area contributed by atoms with E-state index in [1.54, 1.807) is 6.92 Å². The zero-order valence-electron chi connectivity index (χ0n) is 16.8. The highest BCUT2D eigenvalue weighted by Gasteiger charge is 2.29. The summed E-state index contributed by atoms with van der Waals surface area (Å²) in [5.41, 5.74) is 2.46. The number of halogens is 2. The van der Waals surface area contributed by atoms with E-state index in [0.717, 1.165) is 32.0 Å². The average molecular weight is 487 g/mol. The van der Waals surface area contributed by atoms with Crippen molar-refractivity contribution in [2.45, 2.75) is 32.1 Å². The van der Waals surface area contributed by atoms with E-state index in [9.17, 15) is 17.6 Å². The van der Waals surface area contributed by atoms with E-state index in [0.29, 0.717) is 12.1 Å². The number of ether oxygens (including phenoxy) is 1. The third kappa shape index (κ3) is 5.34. The molecule has 1 amide bonds. The van der Waals surface area contributed by atoms with Crippen molar-refractivity contribution in [2.24, 2.45) is 0 Å². The van der Waals surface area contributed by atoms with Crippen LogP contribution < -0.4 is 10.1 Å². The van der Waals surface area contributed by atoms with Gasteiger partial charge in [0.2, 0.25) is 15.9 Å². The van der Waals surface area contributed by atoms with Gasteiger partial charge in [0, 0.05) is 16.7 Å². The predicted molar refractivity (Wildman–Crippen MR) is 114 cm³/mol.